The highest BCUT2D eigenvalue weighted by atomic mass is 16.5. The van der Waals surface area contributed by atoms with Crippen molar-refractivity contribution < 1.29 is 34.2 Å². The Bertz CT molecular complexity index is 1150. The smallest absolute Gasteiger partial charge is 0.336 e. The summed E-state index contributed by atoms with van der Waals surface area (Å²) in [6, 6.07) is 11.8. The Hall–Kier alpha value is -3.51. The molecule has 176 valence electrons. The van der Waals surface area contributed by atoms with Crippen LogP contribution in [-0.2, 0) is 19.9 Å². The van der Waals surface area contributed by atoms with Crippen LogP contribution in [0.5, 0.6) is 5.75 Å². The molecule has 0 radical (unpaired) electrons. The van der Waals surface area contributed by atoms with Crippen LogP contribution in [0.3, 0.4) is 0 Å². The third-order valence-corrected chi connectivity index (χ3v) is 6.56. The molecule has 1 aromatic heterocycles. The Balaban J connectivity index is 1.78. The summed E-state index contributed by atoms with van der Waals surface area (Å²) in [5.41, 5.74) is -2.15. The van der Waals surface area contributed by atoms with Crippen molar-refractivity contribution in [1.29, 1.82) is 0 Å². The van der Waals surface area contributed by atoms with Gasteiger partial charge in [-0.2, -0.15) is 0 Å². The predicted molar refractivity (Wildman–Crippen MR) is 119 cm³/mol. The van der Waals surface area contributed by atoms with Crippen LogP contribution >= 0.6 is 0 Å². The minimum atomic E-state index is -1.91. The van der Waals surface area contributed by atoms with Crippen molar-refractivity contribution in [3.8, 4) is 17.6 Å². The summed E-state index contributed by atoms with van der Waals surface area (Å²) in [5, 5.41) is 22.6. The first-order chi connectivity index (χ1) is 16.4. The molecular weight excluding hydrogens is 436 g/mol. The first-order valence-corrected chi connectivity index (χ1v) is 11.1. The van der Waals surface area contributed by atoms with Crippen molar-refractivity contribution in [1.82, 2.24) is 4.98 Å². The molecule has 0 aliphatic carbocycles. The summed E-state index contributed by atoms with van der Waals surface area (Å²) in [6.45, 7) is 2.89. The Morgan fingerprint density at radius 2 is 1.94 bits per heavy atom. The van der Waals surface area contributed by atoms with E-state index in [9.17, 15) is 19.8 Å². The zero-order chi connectivity index (χ0) is 24.2. The van der Waals surface area contributed by atoms with Gasteiger partial charge in [-0.25, -0.2) is 4.79 Å². The van der Waals surface area contributed by atoms with E-state index in [-0.39, 0.29) is 17.4 Å². The molecule has 5 rings (SSSR count). The fourth-order valence-corrected chi connectivity index (χ4v) is 4.79. The number of methoxy groups -OCH3 is 1. The lowest BCUT2D eigenvalue weighted by molar-refractivity contribution is -0.923. The zero-order valence-corrected chi connectivity index (χ0v) is 18.8. The summed E-state index contributed by atoms with van der Waals surface area (Å²) < 4.78 is 11.3. The van der Waals surface area contributed by atoms with Gasteiger partial charge < -0.3 is 29.4 Å². The van der Waals surface area contributed by atoms with Crippen molar-refractivity contribution in [3.05, 3.63) is 72.1 Å². The Morgan fingerprint density at radius 3 is 2.56 bits per heavy atom. The molecule has 8 nitrogen and oxygen atoms in total. The van der Waals surface area contributed by atoms with Gasteiger partial charge in [0, 0.05) is 43.7 Å². The fourth-order valence-electron chi connectivity index (χ4n) is 4.79. The highest BCUT2D eigenvalue weighted by Gasteiger charge is 2.50. The molecule has 3 aliphatic rings. The second-order valence-corrected chi connectivity index (χ2v) is 8.54. The van der Waals surface area contributed by atoms with E-state index < -0.39 is 23.1 Å². The molecule has 1 aromatic carbocycles. The summed E-state index contributed by atoms with van der Waals surface area (Å²) in [4.78, 5) is 28.5. The number of aromatic nitrogens is 1. The van der Waals surface area contributed by atoms with Gasteiger partial charge in [0.15, 0.2) is 17.0 Å². The first kappa shape index (κ1) is 23.6. The minimum Gasteiger partial charge on any atom is -0.545 e. The molecule has 0 spiro atoms. The van der Waals surface area contributed by atoms with Gasteiger partial charge in [-0.05, 0) is 18.2 Å². The van der Waals surface area contributed by atoms with E-state index in [1.54, 1.807) is 37.4 Å². The number of esters is 1. The number of aliphatic carboxylic acids is 1. The number of benzene rings is 1. The second kappa shape index (κ2) is 9.77. The number of carboxylic acids is 1. The quantitative estimate of drug-likeness (QED) is 0.329. The number of aliphatic hydroxyl groups is 1. The highest BCUT2D eigenvalue weighted by Crippen LogP contribution is 2.36. The number of carboxylic acid groups (broad SMARTS) is 1. The lowest BCUT2D eigenvalue weighted by atomic mass is 9.75. The van der Waals surface area contributed by atoms with Crippen molar-refractivity contribution in [3.63, 3.8) is 0 Å². The summed E-state index contributed by atoms with van der Waals surface area (Å²) in [5.74, 6) is 4.03. The topological polar surface area (TPSA) is 113 Å². The maximum Gasteiger partial charge on any atom is 0.336 e. The molecule has 3 saturated heterocycles. The summed E-state index contributed by atoms with van der Waals surface area (Å²) >= 11 is 0. The molecule has 2 atom stereocenters. The third kappa shape index (κ3) is 4.73. The maximum absolute atomic E-state index is 12.2. The molecule has 8 heteroatoms. The van der Waals surface area contributed by atoms with E-state index in [2.05, 4.69) is 16.8 Å². The predicted octanol–water partition coefficient (Wildman–Crippen LogP) is -0.774. The van der Waals surface area contributed by atoms with E-state index in [4.69, 9.17) is 9.47 Å². The van der Waals surface area contributed by atoms with Gasteiger partial charge in [0.05, 0.1) is 19.1 Å². The second-order valence-electron chi connectivity index (χ2n) is 8.54. The highest BCUT2D eigenvalue weighted by molar-refractivity contribution is 5.91. The largest absolute Gasteiger partial charge is 0.545 e. The van der Waals surface area contributed by atoms with Crippen LogP contribution in [0.1, 0.15) is 24.1 Å². The number of nitrogens with zero attached hydrogens (tertiary/aromatic N) is 1. The number of carbonyl (C=O) groups excluding carboxylic acids is 2. The van der Waals surface area contributed by atoms with Crippen LogP contribution in [0.15, 0.2) is 60.8 Å². The molecule has 4 heterocycles. The normalized spacial score (nSPS) is 25.2. The lowest BCUT2D eigenvalue weighted by Crippen LogP contribution is -3.17. The zero-order valence-electron chi connectivity index (χ0n) is 18.8. The van der Waals surface area contributed by atoms with Crippen molar-refractivity contribution in [2.24, 2.45) is 5.92 Å². The van der Waals surface area contributed by atoms with E-state index in [1.165, 1.54) is 17.2 Å². The number of nitrogens with one attached hydrogen (secondary N) is 1. The molecule has 0 amide bonds. The number of piperidine rings is 3. The molecule has 3 aliphatic heterocycles. The Morgan fingerprint density at radius 1 is 1.21 bits per heavy atom. The van der Waals surface area contributed by atoms with Gasteiger partial charge in [-0.1, -0.05) is 42.2 Å². The number of pyridine rings is 1. The number of hydrogen-bond acceptors (Lipinski definition) is 7. The van der Waals surface area contributed by atoms with Crippen LogP contribution in [0.2, 0.25) is 0 Å². The molecule has 0 saturated carbocycles. The van der Waals surface area contributed by atoms with Gasteiger partial charge in [-0.15, -0.1) is 0 Å². The van der Waals surface area contributed by atoms with Gasteiger partial charge in [0.2, 0.25) is 0 Å². The first-order valence-electron chi connectivity index (χ1n) is 11.1. The minimum absolute atomic E-state index is 0.0174. The average molecular weight is 463 g/mol. The fraction of sp³-hybridized carbons (Fsp3) is 0.346. The van der Waals surface area contributed by atoms with Crippen LogP contribution in [-0.4, -0.2) is 54.4 Å². The van der Waals surface area contributed by atoms with Crippen LogP contribution in [0.4, 0.5) is 0 Å². The van der Waals surface area contributed by atoms with Crippen molar-refractivity contribution in [2.75, 3.05) is 26.7 Å². The van der Waals surface area contributed by atoms with Gasteiger partial charge in [0.25, 0.3) is 0 Å². The van der Waals surface area contributed by atoms with E-state index >= 15 is 0 Å². The summed E-state index contributed by atoms with van der Waals surface area (Å²) in [6.07, 6.45) is 4.76. The molecular formula is C26H26N2O6. The van der Waals surface area contributed by atoms with Gasteiger partial charge in [0.1, 0.15) is 12.2 Å². The third-order valence-electron chi connectivity index (χ3n) is 6.56. The lowest BCUT2D eigenvalue weighted by Gasteiger charge is -2.47. The molecule has 2 N–H and O–H groups in total. The standard InChI is InChI=1S/C26H26N2O6/c1-33-25(18-28-16-11-19(25)12-17-28)13-14-26(32,20-6-3-2-4-7-20)24-21(8-5-15-27-24)34-23(31)10-9-22(29)30/h2-10,15,19,32H,11-12,16-18H2,1H3,(H,29,30)/b10-9-/t25-,26+/m1/s1. The number of rotatable bonds is 6. The Kier molecular flexibility index (Phi) is 6.80. The van der Waals surface area contributed by atoms with E-state index in [0.29, 0.717) is 11.6 Å². The number of hydrogen-bond donors (Lipinski definition) is 2. The maximum atomic E-state index is 12.2. The number of ether oxygens (including phenoxy) is 2. The number of carbonyl (C=O) groups is 2. The van der Waals surface area contributed by atoms with Crippen molar-refractivity contribution >= 4 is 11.9 Å². The monoisotopic (exact) mass is 462 g/mol. The van der Waals surface area contributed by atoms with E-state index in [0.717, 1.165) is 38.6 Å². The van der Waals surface area contributed by atoms with Crippen LogP contribution in [0, 0.1) is 17.8 Å². The summed E-state index contributed by atoms with van der Waals surface area (Å²) in [7, 11) is 1.65. The Labute approximate surface area is 197 Å². The average Bonchev–Trinajstić information content (AvgIpc) is 2.87. The van der Waals surface area contributed by atoms with Crippen LogP contribution in [0.25, 0.3) is 0 Å². The molecule has 2 bridgehead atoms. The number of fused-ring (bicyclic) bond motifs is 3. The van der Waals surface area contributed by atoms with Crippen LogP contribution < -0.4 is 14.7 Å². The molecule has 34 heavy (non-hydrogen) atoms. The van der Waals surface area contributed by atoms with Gasteiger partial charge in [-0.3, -0.25) is 4.98 Å². The molecule has 2 aromatic rings. The van der Waals surface area contributed by atoms with E-state index in [1.807, 2.05) is 6.07 Å². The van der Waals surface area contributed by atoms with Crippen molar-refractivity contribution in [2.45, 2.75) is 24.0 Å². The van der Waals surface area contributed by atoms with Gasteiger partial charge >= 0.3 is 5.97 Å². The number of quaternary nitrogens is 1. The molecule has 3 fully saturated rings. The SMILES string of the molecule is CO[C@]1(C#C[C@](O)(c2ccccc2)c2ncccc2OC(=O)/C=C\C(=O)[O-])C[NH+]2CCC1CC2. The molecule has 0 unspecified atom stereocenters.